The number of carbonyl (C=O) groups excluding carboxylic acids is 2. The van der Waals surface area contributed by atoms with Crippen LogP contribution in [0.2, 0.25) is 0 Å². The highest BCUT2D eigenvalue weighted by Gasteiger charge is 2.19. The Morgan fingerprint density at radius 2 is 1.85 bits per heavy atom. The van der Waals surface area contributed by atoms with Crippen LogP contribution in [0.15, 0.2) is 48.5 Å². The molecule has 0 aliphatic rings. The SMILES string of the molecule is COc1ccc(C)cc1NC(=O)C(C)OC(=O)CCCOc1ccccc1. The lowest BCUT2D eigenvalue weighted by Crippen LogP contribution is -2.30. The van der Waals surface area contributed by atoms with E-state index in [9.17, 15) is 9.59 Å². The normalized spacial score (nSPS) is 11.4. The summed E-state index contributed by atoms with van der Waals surface area (Å²) in [5.41, 5.74) is 1.52. The highest BCUT2D eigenvalue weighted by Crippen LogP contribution is 2.25. The molecule has 0 saturated carbocycles. The van der Waals surface area contributed by atoms with Crippen molar-refractivity contribution in [2.75, 3.05) is 19.0 Å². The third-order valence-electron chi connectivity index (χ3n) is 3.83. The van der Waals surface area contributed by atoms with Crippen molar-refractivity contribution in [3.8, 4) is 11.5 Å². The molecule has 0 saturated heterocycles. The zero-order valence-corrected chi connectivity index (χ0v) is 15.9. The Balaban J connectivity index is 1.75. The van der Waals surface area contributed by atoms with Gasteiger partial charge >= 0.3 is 5.97 Å². The molecule has 0 aliphatic heterocycles. The summed E-state index contributed by atoms with van der Waals surface area (Å²) in [6.07, 6.45) is -0.218. The van der Waals surface area contributed by atoms with Gasteiger partial charge in [0.25, 0.3) is 5.91 Å². The molecule has 1 N–H and O–H groups in total. The van der Waals surface area contributed by atoms with Gasteiger partial charge in [-0.05, 0) is 50.1 Å². The van der Waals surface area contributed by atoms with Gasteiger partial charge in [0.05, 0.1) is 19.4 Å². The first-order valence-corrected chi connectivity index (χ1v) is 8.82. The summed E-state index contributed by atoms with van der Waals surface area (Å²) in [4.78, 5) is 24.2. The van der Waals surface area contributed by atoms with Crippen molar-refractivity contribution in [1.29, 1.82) is 0 Å². The molecule has 2 aromatic carbocycles. The molecule has 0 spiro atoms. The second-order valence-electron chi connectivity index (χ2n) is 6.09. The Morgan fingerprint density at radius 1 is 1.11 bits per heavy atom. The fourth-order valence-corrected chi connectivity index (χ4v) is 2.39. The van der Waals surface area contributed by atoms with Crippen molar-refractivity contribution in [3.63, 3.8) is 0 Å². The summed E-state index contributed by atoms with van der Waals surface area (Å²) in [7, 11) is 1.53. The average molecular weight is 371 g/mol. The highest BCUT2D eigenvalue weighted by atomic mass is 16.5. The van der Waals surface area contributed by atoms with Crippen LogP contribution in [0.4, 0.5) is 5.69 Å². The third-order valence-corrected chi connectivity index (χ3v) is 3.83. The zero-order valence-electron chi connectivity index (χ0n) is 15.9. The number of carbonyl (C=O) groups is 2. The van der Waals surface area contributed by atoms with Crippen LogP contribution in [0.3, 0.4) is 0 Å². The molecule has 0 radical (unpaired) electrons. The Hall–Kier alpha value is -3.02. The number of esters is 1. The van der Waals surface area contributed by atoms with Gasteiger partial charge in [-0.1, -0.05) is 24.3 Å². The summed E-state index contributed by atoms with van der Waals surface area (Å²) >= 11 is 0. The number of rotatable bonds is 9. The summed E-state index contributed by atoms with van der Waals surface area (Å²) in [5, 5.41) is 2.73. The van der Waals surface area contributed by atoms with Gasteiger partial charge < -0.3 is 19.5 Å². The zero-order chi connectivity index (χ0) is 19.6. The Bertz CT molecular complexity index is 760. The topological polar surface area (TPSA) is 73.9 Å². The molecule has 2 rings (SSSR count). The highest BCUT2D eigenvalue weighted by molar-refractivity contribution is 5.96. The number of amides is 1. The van der Waals surface area contributed by atoms with Gasteiger partial charge in [-0.25, -0.2) is 0 Å². The Labute approximate surface area is 159 Å². The van der Waals surface area contributed by atoms with Crippen LogP contribution in [0.1, 0.15) is 25.3 Å². The summed E-state index contributed by atoms with van der Waals surface area (Å²) < 4.78 is 15.9. The van der Waals surface area contributed by atoms with Crippen LogP contribution in [-0.2, 0) is 14.3 Å². The fourth-order valence-electron chi connectivity index (χ4n) is 2.39. The number of para-hydroxylation sites is 1. The molecule has 1 unspecified atom stereocenters. The molecular formula is C21H25NO5. The minimum atomic E-state index is -0.905. The Kier molecular flexibility index (Phi) is 7.67. The lowest BCUT2D eigenvalue weighted by atomic mass is 10.2. The van der Waals surface area contributed by atoms with Crippen LogP contribution in [0, 0.1) is 6.92 Å². The van der Waals surface area contributed by atoms with Crippen LogP contribution in [0.25, 0.3) is 0 Å². The maximum Gasteiger partial charge on any atom is 0.306 e. The number of hydrogen-bond acceptors (Lipinski definition) is 5. The second kappa shape index (κ2) is 10.2. The van der Waals surface area contributed by atoms with Crippen LogP contribution in [-0.4, -0.2) is 31.7 Å². The second-order valence-corrected chi connectivity index (χ2v) is 6.09. The van der Waals surface area contributed by atoms with Crippen LogP contribution in [0.5, 0.6) is 11.5 Å². The first kappa shape index (κ1) is 20.3. The number of nitrogens with one attached hydrogen (secondary N) is 1. The molecule has 6 heteroatoms. The molecule has 6 nitrogen and oxygen atoms in total. The fraction of sp³-hybridized carbons (Fsp3) is 0.333. The van der Waals surface area contributed by atoms with Crippen molar-refractivity contribution in [2.45, 2.75) is 32.8 Å². The smallest absolute Gasteiger partial charge is 0.306 e. The number of hydrogen-bond donors (Lipinski definition) is 1. The molecule has 0 heterocycles. The van der Waals surface area contributed by atoms with Gasteiger partial charge in [-0.3, -0.25) is 9.59 Å². The lowest BCUT2D eigenvalue weighted by molar-refractivity contribution is -0.153. The van der Waals surface area contributed by atoms with E-state index in [2.05, 4.69) is 5.32 Å². The average Bonchev–Trinajstić information content (AvgIpc) is 2.66. The predicted molar refractivity (Wildman–Crippen MR) is 103 cm³/mol. The third kappa shape index (κ3) is 6.66. The first-order valence-electron chi connectivity index (χ1n) is 8.82. The van der Waals surface area contributed by atoms with E-state index in [0.717, 1.165) is 11.3 Å². The number of benzene rings is 2. The van der Waals surface area contributed by atoms with E-state index in [-0.39, 0.29) is 6.42 Å². The lowest BCUT2D eigenvalue weighted by Gasteiger charge is -2.15. The predicted octanol–water partition coefficient (Wildman–Crippen LogP) is 3.73. The quantitative estimate of drug-likeness (QED) is 0.537. The maximum absolute atomic E-state index is 12.3. The monoisotopic (exact) mass is 371 g/mol. The maximum atomic E-state index is 12.3. The molecule has 1 amide bonds. The number of methoxy groups -OCH3 is 1. The molecule has 0 aliphatic carbocycles. The molecule has 2 aromatic rings. The number of ether oxygens (including phenoxy) is 3. The molecule has 0 aromatic heterocycles. The van der Waals surface area contributed by atoms with Gasteiger partial charge in [0, 0.05) is 6.42 Å². The summed E-state index contributed by atoms with van der Waals surface area (Å²) in [5.74, 6) is 0.453. The van der Waals surface area contributed by atoms with Gasteiger partial charge in [0.2, 0.25) is 0 Å². The molecule has 1 atom stereocenters. The number of anilines is 1. The minimum absolute atomic E-state index is 0.179. The largest absolute Gasteiger partial charge is 0.495 e. The molecular weight excluding hydrogens is 346 g/mol. The van der Waals surface area contributed by atoms with Crippen molar-refractivity contribution in [1.82, 2.24) is 0 Å². The number of aryl methyl sites for hydroxylation is 1. The summed E-state index contributed by atoms with van der Waals surface area (Å²) in [6, 6.07) is 14.8. The molecule has 0 bridgehead atoms. The van der Waals surface area contributed by atoms with Crippen LogP contribution < -0.4 is 14.8 Å². The van der Waals surface area contributed by atoms with Crippen molar-refractivity contribution < 1.29 is 23.8 Å². The van der Waals surface area contributed by atoms with E-state index in [0.29, 0.717) is 24.5 Å². The molecule has 27 heavy (non-hydrogen) atoms. The van der Waals surface area contributed by atoms with Crippen molar-refractivity contribution in [2.24, 2.45) is 0 Å². The van der Waals surface area contributed by atoms with E-state index in [1.54, 1.807) is 12.1 Å². The van der Waals surface area contributed by atoms with Crippen LogP contribution >= 0.6 is 0 Å². The van der Waals surface area contributed by atoms with E-state index < -0.39 is 18.0 Å². The molecule has 144 valence electrons. The van der Waals surface area contributed by atoms with Crippen molar-refractivity contribution in [3.05, 3.63) is 54.1 Å². The van der Waals surface area contributed by atoms with Gasteiger partial charge in [-0.2, -0.15) is 0 Å². The van der Waals surface area contributed by atoms with Gasteiger partial charge in [0.1, 0.15) is 11.5 Å². The van der Waals surface area contributed by atoms with E-state index >= 15 is 0 Å². The van der Waals surface area contributed by atoms with Gasteiger partial charge in [-0.15, -0.1) is 0 Å². The Morgan fingerprint density at radius 3 is 2.56 bits per heavy atom. The first-order chi connectivity index (χ1) is 13.0. The molecule has 0 fully saturated rings. The van der Waals surface area contributed by atoms with E-state index in [4.69, 9.17) is 14.2 Å². The summed E-state index contributed by atoms with van der Waals surface area (Å²) in [6.45, 7) is 3.85. The van der Waals surface area contributed by atoms with Crippen molar-refractivity contribution >= 4 is 17.6 Å². The van der Waals surface area contributed by atoms with Gasteiger partial charge in [0.15, 0.2) is 6.10 Å². The van der Waals surface area contributed by atoms with E-state index in [1.165, 1.54) is 14.0 Å². The minimum Gasteiger partial charge on any atom is -0.495 e. The van der Waals surface area contributed by atoms with E-state index in [1.807, 2.05) is 43.3 Å². The standard InChI is InChI=1S/C21H25NO5/c1-15-11-12-19(25-3)18(14-15)22-21(24)16(2)27-20(23)10-7-13-26-17-8-5-4-6-9-17/h4-6,8-9,11-12,14,16H,7,10,13H2,1-3H3,(H,22,24).